The fourth-order valence-electron chi connectivity index (χ4n) is 1.75. The van der Waals surface area contributed by atoms with Crippen molar-refractivity contribution in [1.82, 2.24) is 9.78 Å². The third-order valence-corrected chi connectivity index (χ3v) is 3.01. The molecule has 0 bridgehead atoms. The van der Waals surface area contributed by atoms with Gasteiger partial charge in [-0.25, -0.2) is 0 Å². The molecule has 2 rings (SSSR count). The van der Waals surface area contributed by atoms with Gasteiger partial charge in [0.05, 0.1) is 18.3 Å². The van der Waals surface area contributed by atoms with Crippen LogP contribution in [0, 0.1) is 0 Å². The van der Waals surface area contributed by atoms with Gasteiger partial charge in [-0.2, -0.15) is 5.10 Å². The van der Waals surface area contributed by atoms with Crippen molar-refractivity contribution < 1.29 is 5.11 Å². The maximum absolute atomic E-state index is 9.60. The minimum absolute atomic E-state index is 0.175. The molecule has 1 N–H and O–H groups in total. The van der Waals surface area contributed by atoms with E-state index in [1.807, 2.05) is 10.7 Å². The number of halogens is 1. The zero-order chi connectivity index (χ0) is 8.55. The molecule has 0 amide bonds. The number of hydrogen-bond donors (Lipinski definition) is 1. The highest BCUT2D eigenvalue weighted by Gasteiger charge is 2.28. The number of aromatic nitrogens is 2. The quantitative estimate of drug-likeness (QED) is 0.799. The van der Waals surface area contributed by atoms with Crippen molar-refractivity contribution in [3.63, 3.8) is 0 Å². The average Bonchev–Trinajstić information content (AvgIpc) is 2.59. The second-order valence-electron chi connectivity index (χ2n) is 3.16. The topological polar surface area (TPSA) is 38.0 Å². The Kier molecular flexibility index (Phi) is 2.19. The van der Waals surface area contributed by atoms with E-state index in [1.54, 1.807) is 6.20 Å². The van der Waals surface area contributed by atoms with Gasteiger partial charge in [-0.05, 0) is 41.3 Å². The third kappa shape index (κ3) is 1.29. The van der Waals surface area contributed by atoms with Crippen LogP contribution in [-0.2, 0) is 0 Å². The first kappa shape index (κ1) is 8.26. The van der Waals surface area contributed by atoms with E-state index in [4.69, 9.17) is 0 Å². The van der Waals surface area contributed by atoms with E-state index in [2.05, 4.69) is 21.0 Å². The number of rotatable bonds is 1. The molecule has 0 spiro atoms. The van der Waals surface area contributed by atoms with Crippen molar-refractivity contribution in [3.8, 4) is 0 Å². The minimum Gasteiger partial charge on any atom is -0.391 e. The molecule has 0 saturated heterocycles. The maximum Gasteiger partial charge on any atom is 0.104 e. The Morgan fingerprint density at radius 3 is 2.92 bits per heavy atom. The normalized spacial score (nSPS) is 29.5. The van der Waals surface area contributed by atoms with E-state index < -0.39 is 0 Å². The van der Waals surface area contributed by atoms with E-state index in [0.717, 1.165) is 23.9 Å². The summed E-state index contributed by atoms with van der Waals surface area (Å²) < 4.78 is 2.81. The Bertz CT molecular complexity index is 274. The summed E-state index contributed by atoms with van der Waals surface area (Å²) in [6, 6.07) is 2.07. The Morgan fingerprint density at radius 2 is 2.42 bits per heavy atom. The highest BCUT2D eigenvalue weighted by atomic mass is 79.9. The summed E-state index contributed by atoms with van der Waals surface area (Å²) in [6.07, 6.45) is 4.55. The van der Waals surface area contributed by atoms with Crippen LogP contribution in [0.5, 0.6) is 0 Å². The molecular formula is C8H11BrN2O. The summed E-state index contributed by atoms with van der Waals surface area (Å²) >= 11 is 3.39. The standard InChI is InChI=1S/C8H11BrN2O/c9-8-4-5-10-11(8)6-2-1-3-7(6)12/h4-7,12H,1-3H2. The largest absolute Gasteiger partial charge is 0.391 e. The molecule has 1 aromatic rings. The second-order valence-corrected chi connectivity index (χ2v) is 3.98. The van der Waals surface area contributed by atoms with Crippen molar-refractivity contribution in [1.29, 1.82) is 0 Å². The highest BCUT2D eigenvalue weighted by Crippen LogP contribution is 2.31. The molecule has 0 aromatic carbocycles. The summed E-state index contributed by atoms with van der Waals surface area (Å²) in [5.74, 6) is 0. The lowest BCUT2D eigenvalue weighted by molar-refractivity contribution is 0.129. The Hall–Kier alpha value is -0.350. The molecule has 0 radical (unpaired) electrons. The van der Waals surface area contributed by atoms with E-state index in [0.29, 0.717) is 0 Å². The Labute approximate surface area is 79.5 Å². The Balaban J connectivity index is 2.24. The van der Waals surface area contributed by atoms with Gasteiger partial charge in [0.25, 0.3) is 0 Å². The van der Waals surface area contributed by atoms with Gasteiger partial charge in [-0.15, -0.1) is 0 Å². The predicted molar refractivity (Wildman–Crippen MR) is 48.8 cm³/mol. The summed E-state index contributed by atoms with van der Waals surface area (Å²) in [6.45, 7) is 0. The van der Waals surface area contributed by atoms with Crippen molar-refractivity contribution in [2.75, 3.05) is 0 Å². The molecule has 1 heterocycles. The molecule has 12 heavy (non-hydrogen) atoms. The third-order valence-electron chi connectivity index (χ3n) is 2.38. The van der Waals surface area contributed by atoms with E-state index >= 15 is 0 Å². The van der Waals surface area contributed by atoms with Crippen molar-refractivity contribution in [2.24, 2.45) is 0 Å². The van der Waals surface area contributed by atoms with Crippen molar-refractivity contribution in [2.45, 2.75) is 31.4 Å². The maximum atomic E-state index is 9.60. The van der Waals surface area contributed by atoms with Gasteiger partial charge in [-0.1, -0.05) is 0 Å². The predicted octanol–water partition coefficient (Wildman–Crippen LogP) is 1.73. The minimum atomic E-state index is -0.221. The van der Waals surface area contributed by atoms with Crippen LogP contribution in [0.2, 0.25) is 0 Å². The number of nitrogens with zero attached hydrogens (tertiary/aromatic N) is 2. The van der Waals surface area contributed by atoms with Gasteiger partial charge in [0.1, 0.15) is 4.60 Å². The summed E-state index contributed by atoms with van der Waals surface area (Å²) in [5.41, 5.74) is 0. The van der Waals surface area contributed by atoms with Gasteiger partial charge >= 0.3 is 0 Å². The van der Waals surface area contributed by atoms with Gasteiger partial charge in [0, 0.05) is 0 Å². The Morgan fingerprint density at radius 1 is 1.58 bits per heavy atom. The van der Waals surface area contributed by atoms with Crippen molar-refractivity contribution in [3.05, 3.63) is 16.9 Å². The molecular weight excluding hydrogens is 220 g/mol. The molecule has 1 aliphatic rings. The molecule has 66 valence electrons. The smallest absolute Gasteiger partial charge is 0.104 e. The number of aliphatic hydroxyl groups excluding tert-OH is 1. The molecule has 4 heteroatoms. The fraction of sp³-hybridized carbons (Fsp3) is 0.625. The molecule has 1 aliphatic carbocycles. The number of hydrogen-bond acceptors (Lipinski definition) is 2. The first-order chi connectivity index (χ1) is 5.79. The molecule has 3 nitrogen and oxygen atoms in total. The van der Waals surface area contributed by atoms with Crippen LogP contribution >= 0.6 is 15.9 Å². The summed E-state index contributed by atoms with van der Waals surface area (Å²) in [4.78, 5) is 0. The average molecular weight is 231 g/mol. The molecule has 0 aliphatic heterocycles. The van der Waals surface area contributed by atoms with E-state index in [-0.39, 0.29) is 12.1 Å². The molecule has 1 aromatic heterocycles. The first-order valence-corrected chi connectivity index (χ1v) is 4.95. The zero-order valence-corrected chi connectivity index (χ0v) is 8.24. The van der Waals surface area contributed by atoms with Gasteiger partial charge in [0.15, 0.2) is 0 Å². The molecule has 1 fully saturated rings. The van der Waals surface area contributed by atoms with Crippen molar-refractivity contribution >= 4 is 15.9 Å². The van der Waals surface area contributed by atoms with Gasteiger partial charge in [0.2, 0.25) is 0 Å². The van der Waals surface area contributed by atoms with Crippen LogP contribution in [0.3, 0.4) is 0 Å². The lowest BCUT2D eigenvalue weighted by atomic mass is 10.2. The number of aliphatic hydroxyl groups is 1. The zero-order valence-electron chi connectivity index (χ0n) is 6.65. The summed E-state index contributed by atoms with van der Waals surface area (Å²) in [7, 11) is 0. The fourth-order valence-corrected chi connectivity index (χ4v) is 2.22. The van der Waals surface area contributed by atoms with E-state index in [1.165, 1.54) is 0 Å². The monoisotopic (exact) mass is 230 g/mol. The SMILES string of the molecule is OC1CCCC1n1nccc1Br. The van der Waals surface area contributed by atoms with E-state index in [9.17, 15) is 5.11 Å². The van der Waals surface area contributed by atoms with Gasteiger partial charge < -0.3 is 5.11 Å². The molecule has 2 atom stereocenters. The van der Waals surface area contributed by atoms with Crippen LogP contribution in [0.1, 0.15) is 25.3 Å². The lowest BCUT2D eigenvalue weighted by Crippen LogP contribution is -2.19. The summed E-state index contributed by atoms with van der Waals surface area (Å²) in [5, 5.41) is 13.8. The highest BCUT2D eigenvalue weighted by molar-refractivity contribution is 9.10. The van der Waals surface area contributed by atoms with Crippen LogP contribution in [0.4, 0.5) is 0 Å². The van der Waals surface area contributed by atoms with Crippen LogP contribution in [0.25, 0.3) is 0 Å². The van der Waals surface area contributed by atoms with Crippen LogP contribution in [0.15, 0.2) is 16.9 Å². The van der Waals surface area contributed by atoms with Crippen LogP contribution in [-0.4, -0.2) is 21.0 Å². The van der Waals surface area contributed by atoms with Gasteiger partial charge in [-0.3, -0.25) is 4.68 Å². The second kappa shape index (κ2) is 3.18. The lowest BCUT2D eigenvalue weighted by Gasteiger charge is -2.15. The molecule has 1 saturated carbocycles. The molecule has 2 unspecified atom stereocenters. The van der Waals surface area contributed by atoms with Crippen LogP contribution < -0.4 is 0 Å². The first-order valence-electron chi connectivity index (χ1n) is 4.16.